The lowest BCUT2D eigenvalue weighted by Gasteiger charge is -2.31. The van der Waals surface area contributed by atoms with E-state index in [9.17, 15) is 9.59 Å². The number of anilines is 1. The van der Waals surface area contributed by atoms with Gasteiger partial charge >= 0.3 is 0 Å². The molecule has 7 heteroatoms. The Labute approximate surface area is 179 Å². The van der Waals surface area contributed by atoms with E-state index in [-0.39, 0.29) is 17.7 Å². The third-order valence-electron chi connectivity index (χ3n) is 5.66. The summed E-state index contributed by atoms with van der Waals surface area (Å²) in [4.78, 5) is 35.0. The van der Waals surface area contributed by atoms with E-state index in [1.54, 1.807) is 11.0 Å². The predicted octanol–water partition coefficient (Wildman–Crippen LogP) is 4.31. The number of H-pyrrole nitrogens is 1. The van der Waals surface area contributed by atoms with Gasteiger partial charge in [0.05, 0.1) is 28.8 Å². The lowest BCUT2D eigenvalue weighted by Crippen LogP contribution is -2.43. The number of piperidine rings is 1. The van der Waals surface area contributed by atoms with Gasteiger partial charge < -0.3 is 19.6 Å². The SMILES string of the molecule is O=C(Nc1ccc(-c2nc3ccccc3[nH]2)cc1)C1CCCN(C(=O)c2ccoc2)C1. The number of fused-ring (bicyclic) bond motifs is 1. The van der Waals surface area contributed by atoms with E-state index in [1.807, 2.05) is 48.5 Å². The van der Waals surface area contributed by atoms with Crippen molar-refractivity contribution < 1.29 is 14.0 Å². The highest BCUT2D eigenvalue weighted by molar-refractivity contribution is 5.96. The van der Waals surface area contributed by atoms with Crippen LogP contribution in [0, 0.1) is 5.92 Å². The van der Waals surface area contributed by atoms with E-state index >= 15 is 0 Å². The van der Waals surface area contributed by atoms with Crippen molar-refractivity contribution in [2.45, 2.75) is 12.8 Å². The molecule has 0 saturated carbocycles. The van der Waals surface area contributed by atoms with Crippen LogP contribution in [-0.2, 0) is 4.79 Å². The Morgan fingerprint density at radius 1 is 1.10 bits per heavy atom. The van der Waals surface area contributed by atoms with Gasteiger partial charge in [-0.05, 0) is 55.3 Å². The molecule has 1 atom stereocenters. The molecule has 1 saturated heterocycles. The second kappa shape index (κ2) is 8.10. The summed E-state index contributed by atoms with van der Waals surface area (Å²) in [5.74, 6) is 0.391. The maximum absolute atomic E-state index is 12.8. The molecule has 0 spiro atoms. The minimum absolute atomic E-state index is 0.0684. The summed E-state index contributed by atoms with van der Waals surface area (Å²) in [5.41, 5.74) is 4.09. The standard InChI is InChI=1S/C24H22N4O3/c29-23(17-4-3-12-28(14-17)24(30)18-11-13-31-15-18)25-19-9-7-16(8-10-19)22-26-20-5-1-2-6-21(20)27-22/h1-2,5-11,13,15,17H,3-4,12,14H2,(H,25,29)(H,26,27). The van der Waals surface area contributed by atoms with Crippen LogP contribution in [-0.4, -0.2) is 39.8 Å². The number of aromatic nitrogens is 2. The quantitative estimate of drug-likeness (QED) is 0.520. The van der Waals surface area contributed by atoms with Crippen LogP contribution in [0.5, 0.6) is 0 Å². The molecule has 2 aromatic carbocycles. The van der Waals surface area contributed by atoms with Crippen molar-refractivity contribution in [3.8, 4) is 11.4 Å². The van der Waals surface area contributed by atoms with Gasteiger partial charge in [-0.3, -0.25) is 9.59 Å². The zero-order valence-electron chi connectivity index (χ0n) is 16.9. The minimum atomic E-state index is -0.236. The van der Waals surface area contributed by atoms with Gasteiger partial charge in [-0.15, -0.1) is 0 Å². The number of aromatic amines is 1. The maximum Gasteiger partial charge on any atom is 0.257 e. The first-order valence-electron chi connectivity index (χ1n) is 10.3. The molecule has 1 fully saturated rings. The summed E-state index contributed by atoms with van der Waals surface area (Å²) in [6, 6.07) is 17.1. The highest BCUT2D eigenvalue weighted by Gasteiger charge is 2.29. The Morgan fingerprint density at radius 3 is 2.71 bits per heavy atom. The first kappa shape index (κ1) is 19.1. The number of carbonyl (C=O) groups is 2. The number of nitrogens with one attached hydrogen (secondary N) is 2. The lowest BCUT2D eigenvalue weighted by atomic mass is 9.96. The third kappa shape index (κ3) is 3.94. The average molecular weight is 414 g/mol. The molecule has 1 aliphatic heterocycles. The molecule has 2 aromatic heterocycles. The van der Waals surface area contributed by atoms with Crippen LogP contribution in [0.3, 0.4) is 0 Å². The number of nitrogens with zero attached hydrogens (tertiary/aromatic N) is 2. The summed E-state index contributed by atoms with van der Waals surface area (Å²) >= 11 is 0. The molecule has 1 aliphatic rings. The number of hydrogen-bond acceptors (Lipinski definition) is 4. The second-order valence-corrected chi connectivity index (χ2v) is 7.77. The minimum Gasteiger partial charge on any atom is -0.472 e. The van der Waals surface area contributed by atoms with Crippen LogP contribution in [0.2, 0.25) is 0 Å². The number of carbonyl (C=O) groups excluding carboxylic acids is 2. The average Bonchev–Trinajstić information content (AvgIpc) is 3.49. The summed E-state index contributed by atoms with van der Waals surface area (Å²) in [6.45, 7) is 1.06. The molecule has 5 rings (SSSR count). The number of amides is 2. The van der Waals surface area contributed by atoms with Gasteiger partial charge in [0.2, 0.25) is 5.91 Å². The summed E-state index contributed by atoms with van der Waals surface area (Å²) in [6.07, 6.45) is 4.48. The van der Waals surface area contributed by atoms with Crippen molar-refractivity contribution in [3.05, 3.63) is 72.7 Å². The van der Waals surface area contributed by atoms with Gasteiger partial charge in [-0.25, -0.2) is 4.98 Å². The van der Waals surface area contributed by atoms with Crippen molar-refractivity contribution in [2.24, 2.45) is 5.92 Å². The molecule has 7 nitrogen and oxygen atoms in total. The molecule has 1 unspecified atom stereocenters. The molecule has 0 bridgehead atoms. The molecular formula is C24H22N4O3. The summed E-state index contributed by atoms with van der Waals surface area (Å²) in [7, 11) is 0. The highest BCUT2D eigenvalue weighted by Crippen LogP contribution is 2.24. The fraction of sp³-hybridized carbons (Fsp3) is 0.208. The molecule has 2 amide bonds. The smallest absolute Gasteiger partial charge is 0.257 e. The fourth-order valence-corrected chi connectivity index (χ4v) is 3.99. The van der Waals surface area contributed by atoms with Crippen molar-refractivity contribution in [2.75, 3.05) is 18.4 Å². The predicted molar refractivity (Wildman–Crippen MR) is 117 cm³/mol. The molecule has 156 valence electrons. The monoisotopic (exact) mass is 414 g/mol. The fourth-order valence-electron chi connectivity index (χ4n) is 3.99. The highest BCUT2D eigenvalue weighted by atomic mass is 16.3. The Balaban J connectivity index is 1.24. The van der Waals surface area contributed by atoms with Gasteiger partial charge in [0.1, 0.15) is 12.1 Å². The third-order valence-corrected chi connectivity index (χ3v) is 5.66. The molecule has 0 radical (unpaired) electrons. The molecular weight excluding hydrogens is 392 g/mol. The van der Waals surface area contributed by atoms with E-state index < -0.39 is 0 Å². The van der Waals surface area contributed by atoms with Crippen molar-refractivity contribution in [1.82, 2.24) is 14.9 Å². The number of benzene rings is 2. The Kier molecular flexibility index (Phi) is 5.00. The molecule has 3 heterocycles. The van der Waals surface area contributed by atoms with Crippen LogP contribution < -0.4 is 5.32 Å². The van der Waals surface area contributed by atoms with Gasteiger partial charge in [-0.1, -0.05) is 12.1 Å². The van der Waals surface area contributed by atoms with Crippen LogP contribution in [0.4, 0.5) is 5.69 Å². The van der Waals surface area contributed by atoms with Gasteiger partial charge in [0.25, 0.3) is 5.91 Å². The number of imidazole rings is 1. The Hall–Kier alpha value is -3.87. The van der Waals surface area contributed by atoms with Crippen LogP contribution in [0.25, 0.3) is 22.4 Å². The van der Waals surface area contributed by atoms with Crippen LogP contribution in [0.1, 0.15) is 23.2 Å². The Morgan fingerprint density at radius 2 is 1.94 bits per heavy atom. The molecule has 0 aliphatic carbocycles. The van der Waals surface area contributed by atoms with Gasteiger partial charge in [-0.2, -0.15) is 0 Å². The first-order chi connectivity index (χ1) is 15.2. The van der Waals surface area contributed by atoms with Crippen molar-refractivity contribution in [1.29, 1.82) is 0 Å². The van der Waals surface area contributed by atoms with Crippen LogP contribution >= 0.6 is 0 Å². The number of likely N-dealkylation sites (tertiary alicyclic amines) is 1. The van der Waals surface area contributed by atoms with E-state index in [0.717, 1.165) is 41.0 Å². The Bertz CT molecular complexity index is 1180. The van der Waals surface area contributed by atoms with Crippen molar-refractivity contribution >= 4 is 28.5 Å². The van der Waals surface area contributed by atoms with E-state index in [1.165, 1.54) is 12.5 Å². The topological polar surface area (TPSA) is 91.2 Å². The summed E-state index contributed by atoms with van der Waals surface area (Å²) < 4.78 is 5.00. The molecule has 2 N–H and O–H groups in total. The van der Waals surface area contributed by atoms with E-state index in [0.29, 0.717) is 18.7 Å². The number of rotatable bonds is 4. The van der Waals surface area contributed by atoms with Gasteiger partial charge in [0.15, 0.2) is 0 Å². The maximum atomic E-state index is 12.8. The van der Waals surface area contributed by atoms with Gasteiger partial charge in [0, 0.05) is 24.3 Å². The molecule has 31 heavy (non-hydrogen) atoms. The number of furan rings is 1. The second-order valence-electron chi connectivity index (χ2n) is 7.77. The molecule has 4 aromatic rings. The normalized spacial score (nSPS) is 16.4. The largest absolute Gasteiger partial charge is 0.472 e. The number of hydrogen-bond donors (Lipinski definition) is 2. The van der Waals surface area contributed by atoms with E-state index in [2.05, 4.69) is 15.3 Å². The van der Waals surface area contributed by atoms with Crippen molar-refractivity contribution in [3.63, 3.8) is 0 Å². The number of para-hydroxylation sites is 2. The van der Waals surface area contributed by atoms with Crippen LogP contribution in [0.15, 0.2) is 71.5 Å². The summed E-state index contributed by atoms with van der Waals surface area (Å²) in [5, 5.41) is 2.99. The first-order valence-corrected chi connectivity index (χ1v) is 10.3. The lowest BCUT2D eigenvalue weighted by molar-refractivity contribution is -0.121. The van der Waals surface area contributed by atoms with E-state index in [4.69, 9.17) is 4.42 Å². The zero-order valence-corrected chi connectivity index (χ0v) is 16.9. The zero-order chi connectivity index (χ0) is 21.2.